The molecule has 2 amide bonds. The third kappa shape index (κ3) is 5.26. The Morgan fingerprint density at radius 1 is 1.23 bits per heavy atom. The fraction of sp³-hybridized carbons (Fsp3) is 0.233. The van der Waals surface area contributed by atoms with Crippen molar-refractivity contribution < 1.29 is 22.9 Å². The number of carbonyl (C=O) groups excluding carboxylic acids is 2. The maximum Gasteiger partial charge on any atom is 0.274 e. The number of hydrogen-bond donors (Lipinski definition) is 3. The van der Waals surface area contributed by atoms with Gasteiger partial charge in [-0.05, 0) is 54.8 Å². The van der Waals surface area contributed by atoms with Gasteiger partial charge < -0.3 is 29.3 Å². The third-order valence-corrected chi connectivity index (χ3v) is 8.42. The van der Waals surface area contributed by atoms with Gasteiger partial charge in [0.25, 0.3) is 11.8 Å². The van der Waals surface area contributed by atoms with Crippen molar-refractivity contribution in [2.24, 2.45) is 0 Å². The molecule has 10 nitrogen and oxygen atoms in total. The summed E-state index contributed by atoms with van der Waals surface area (Å²) < 4.78 is 33.1. The smallest absolute Gasteiger partial charge is 0.274 e. The summed E-state index contributed by atoms with van der Waals surface area (Å²) in [7, 11) is 3.25. The molecule has 0 spiro atoms. The molecule has 4 heterocycles. The highest BCUT2D eigenvalue weighted by Gasteiger charge is 2.31. The molecule has 0 saturated carbocycles. The second-order valence-electron chi connectivity index (χ2n) is 10.4. The van der Waals surface area contributed by atoms with E-state index in [4.69, 9.17) is 21.8 Å². The van der Waals surface area contributed by atoms with Crippen molar-refractivity contribution >= 4 is 63.6 Å². The number of hydrogen-bond acceptors (Lipinski definition) is 8. The lowest BCUT2D eigenvalue weighted by Gasteiger charge is -2.34. The average Bonchev–Trinajstić information content (AvgIpc) is 3.61. The summed E-state index contributed by atoms with van der Waals surface area (Å²) in [5, 5.41) is 3.69. The second-order valence-corrected chi connectivity index (χ2v) is 11.6. The number of amides is 2. The van der Waals surface area contributed by atoms with Crippen LogP contribution in [0.15, 0.2) is 59.3 Å². The van der Waals surface area contributed by atoms with Crippen LogP contribution >= 0.6 is 23.8 Å². The van der Waals surface area contributed by atoms with Crippen LogP contribution < -0.4 is 15.4 Å². The summed E-state index contributed by atoms with van der Waals surface area (Å²) in [6.07, 6.45) is 4.78. The van der Waals surface area contributed by atoms with Crippen molar-refractivity contribution in [3.63, 3.8) is 0 Å². The van der Waals surface area contributed by atoms with Crippen LogP contribution in [0.3, 0.4) is 0 Å². The molecule has 1 aliphatic rings. The predicted octanol–water partition coefficient (Wildman–Crippen LogP) is 6.06. The molecule has 6 rings (SSSR count). The molecule has 43 heavy (non-hydrogen) atoms. The number of furan rings is 1. The highest BCUT2D eigenvalue weighted by Crippen LogP contribution is 2.42. The van der Waals surface area contributed by atoms with E-state index < -0.39 is 5.82 Å². The van der Waals surface area contributed by atoms with Gasteiger partial charge in [-0.15, -0.1) is 0 Å². The van der Waals surface area contributed by atoms with Crippen molar-refractivity contribution in [1.29, 1.82) is 0 Å². The van der Waals surface area contributed by atoms with Crippen molar-refractivity contribution in [1.82, 2.24) is 19.6 Å². The molecule has 1 saturated heterocycles. The number of anilines is 2. The first-order chi connectivity index (χ1) is 20.7. The number of nitrogen functional groups attached to an aromatic ring is 1. The number of carbonyl (C=O) groups is 2. The van der Waals surface area contributed by atoms with Gasteiger partial charge in [-0.25, -0.2) is 9.37 Å². The number of imidazole rings is 1. The highest BCUT2D eigenvalue weighted by atomic mass is 35.5. The SMILES string of the molecule is CNC(=O)c1c(-c2ccc(F)cc2)oc2cc(N(C)SO)c([C@H]3CCCN(C(=O)c4cn5cc(Cl)cc(N)c5n4)C3)cc12. The van der Waals surface area contributed by atoms with Crippen molar-refractivity contribution in [2.45, 2.75) is 18.8 Å². The number of benzene rings is 2. The molecule has 0 bridgehead atoms. The minimum absolute atomic E-state index is 0.120. The van der Waals surface area contributed by atoms with E-state index >= 15 is 0 Å². The van der Waals surface area contributed by atoms with Gasteiger partial charge in [-0.3, -0.25) is 13.9 Å². The molecule has 2 aromatic carbocycles. The van der Waals surface area contributed by atoms with Crippen LogP contribution in [-0.2, 0) is 0 Å². The minimum Gasteiger partial charge on any atom is -0.455 e. The van der Waals surface area contributed by atoms with Gasteiger partial charge in [0.15, 0.2) is 5.65 Å². The Morgan fingerprint density at radius 3 is 2.72 bits per heavy atom. The van der Waals surface area contributed by atoms with Crippen molar-refractivity contribution in [3.05, 3.63) is 82.5 Å². The molecule has 4 N–H and O–H groups in total. The first kappa shape index (κ1) is 28.8. The Hall–Kier alpha value is -4.26. The highest BCUT2D eigenvalue weighted by molar-refractivity contribution is 7.95. The monoisotopic (exact) mass is 622 g/mol. The first-order valence-electron chi connectivity index (χ1n) is 13.5. The standard InChI is InChI=1S/C30H28ClFN6O4S/c1-34-29(39)26-21-11-20(24(36(2)43-41)12-25(21)42-27(26)16-5-7-19(32)8-6-16)17-4-3-9-37(13-17)30(40)23-15-38-14-18(31)10-22(33)28(38)35-23/h5-8,10-12,14-15,17,41H,3-4,9,13,33H2,1-2H3,(H,34,39)/t17-/m0/s1. The minimum atomic E-state index is -0.403. The number of halogens is 2. The molecule has 5 aromatic rings. The Balaban J connectivity index is 1.41. The molecule has 0 unspecified atom stereocenters. The fourth-order valence-electron chi connectivity index (χ4n) is 5.72. The van der Waals surface area contributed by atoms with Crippen LogP contribution in [0.25, 0.3) is 27.9 Å². The van der Waals surface area contributed by atoms with Gasteiger partial charge in [0.05, 0.1) is 22.0 Å². The topological polar surface area (TPSA) is 129 Å². The molecular weight excluding hydrogens is 595 g/mol. The normalized spacial score (nSPS) is 15.3. The zero-order valence-corrected chi connectivity index (χ0v) is 24.9. The fourth-order valence-corrected chi connectivity index (χ4v) is 6.19. The zero-order chi connectivity index (χ0) is 30.4. The van der Waals surface area contributed by atoms with E-state index in [1.807, 2.05) is 6.07 Å². The van der Waals surface area contributed by atoms with E-state index in [0.29, 0.717) is 75.2 Å². The Bertz CT molecular complexity index is 1870. The number of aromatic nitrogens is 2. The molecule has 0 aliphatic carbocycles. The molecule has 222 valence electrons. The van der Waals surface area contributed by atoms with Gasteiger partial charge in [-0.2, -0.15) is 0 Å². The lowest BCUT2D eigenvalue weighted by atomic mass is 9.88. The number of pyridine rings is 1. The van der Waals surface area contributed by atoms with E-state index in [1.165, 1.54) is 19.2 Å². The van der Waals surface area contributed by atoms with E-state index in [0.717, 1.165) is 18.4 Å². The lowest BCUT2D eigenvalue weighted by molar-refractivity contribution is 0.0702. The number of likely N-dealkylation sites (tertiary alicyclic amines) is 1. The van der Waals surface area contributed by atoms with Crippen LogP contribution in [0.1, 0.15) is 45.2 Å². The molecule has 0 radical (unpaired) electrons. The Morgan fingerprint density at radius 2 is 2.00 bits per heavy atom. The largest absolute Gasteiger partial charge is 0.455 e. The number of nitrogens with zero attached hydrogens (tertiary/aromatic N) is 4. The number of rotatable bonds is 6. The summed E-state index contributed by atoms with van der Waals surface area (Å²) in [5.41, 5.74) is 9.98. The molecule has 13 heteroatoms. The van der Waals surface area contributed by atoms with E-state index in [2.05, 4.69) is 10.3 Å². The average molecular weight is 623 g/mol. The maximum absolute atomic E-state index is 13.7. The molecule has 1 fully saturated rings. The van der Waals surface area contributed by atoms with E-state index in [1.54, 1.807) is 57.3 Å². The molecule has 1 atom stereocenters. The van der Waals surface area contributed by atoms with Crippen molar-refractivity contribution in [2.75, 3.05) is 37.2 Å². The number of nitrogens with one attached hydrogen (secondary N) is 1. The summed E-state index contributed by atoms with van der Waals surface area (Å²) in [6.45, 7) is 0.939. The van der Waals surface area contributed by atoms with Crippen LogP contribution in [0.5, 0.6) is 0 Å². The summed E-state index contributed by atoms with van der Waals surface area (Å²) in [6, 6.07) is 11.0. The van der Waals surface area contributed by atoms with Gasteiger partial charge in [0.1, 0.15) is 35.1 Å². The van der Waals surface area contributed by atoms with E-state index in [9.17, 15) is 18.5 Å². The van der Waals surface area contributed by atoms with Crippen LogP contribution in [-0.4, -0.2) is 57.8 Å². The summed E-state index contributed by atoms with van der Waals surface area (Å²) in [4.78, 5) is 33.0. The molecule has 3 aromatic heterocycles. The quantitative estimate of drug-likeness (QED) is 0.154. The second kappa shape index (κ2) is 11.4. The maximum atomic E-state index is 13.7. The Kier molecular flexibility index (Phi) is 7.67. The van der Waals surface area contributed by atoms with E-state index in [-0.39, 0.29) is 23.4 Å². The Labute approximate surface area is 255 Å². The van der Waals surface area contributed by atoms with Crippen LogP contribution in [0.4, 0.5) is 15.8 Å². The lowest BCUT2D eigenvalue weighted by Crippen LogP contribution is -2.39. The molecular formula is C30H28ClFN6O4S. The number of piperidine rings is 1. The van der Waals surface area contributed by atoms with Crippen LogP contribution in [0.2, 0.25) is 5.02 Å². The molecule has 1 aliphatic heterocycles. The van der Waals surface area contributed by atoms with Gasteiger partial charge >= 0.3 is 0 Å². The predicted molar refractivity (Wildman–Crippen MR) is 166 cm³/mol. The third-order valence-electron chi connectivity index (χ3n) is 7.77. The number of nitrogens with two attached hydrogens (primary N) is 1. The van der Waals surface area contributed by atoms with Gasteiger partial charge in [0.2, 0.25) is 0 Å². The van der Waals surface area contributed by atoms with Crippen LogP contribution in [0, 0.1) is 5.82 Å². The first-order valence-corrected chi connectivity index (χ1v) is 14.7. The number of fused-ring (bicyclic) bond motifs is 2. The summed E-state index contributed by atoms with van der Waals surface area (Å²) >= 11 is 6.68. The van der Waals surface area contributed by atoms with Gasteiger partial charge in [-0.1, -0.05) is 11.6 Å². The summed E-state index contributed by atoms with van der Waals surface area (Å²) in [5.74, 6) is -0.800. The van der Waals surface area contributed by atoms with Gasteiger partial charge in [0, 0.05) is 62.5 Å². The zero-order valence-electron chi connectivity index (χ0n) is 23.3. The van der Waals surface area contributed by atoms with Crippen molar-refractivity contribution in [3.8, 4) is 11.3 Å².